The van der Waals surface area contributed by atoms with E-state index >= 15 is 0 Å². The van der Waals surface area contributed by atoms with E-state index in [2.05, 4.69) is 25.7 Å². The summed E-state index contributed by atoms with van der Waals surface area (Å²) in [5.74, 6) is 0.606. The number of hydrogen-bond donors (Lipinski definition) is 3. The number of benzene rings is 1. The topological polar surface area (TPSA) is 103 Å². The number of rotatable bonds is 5. The normalized spacial score (nSPS) is 17.3. The van der Waals surface area contributed by atoms with Crippen LogP contribution in [0.25, 0.3) is 22.3 Å². The van der Waals surface area contributed by atoms with Crippen LogP contribution in [0.3, 0.4) is 0 Å². The van der Waals surface area contributed by atoms with Crippen molar-refractivity contribution in [2.75, 3.05) is 37.3 Å². The van der Waals surface area contributed by atoms with Crippen molar-refractivity contribution in [3.63, 3.8) is 0 Å². The number of anilines is 2. The molecule has 0 spiro atoms. The Bertz CT molecular complexity index is 947. The van der Waals surface area contributed by atoms with Crippen LogP contribution < -0.4 is 16.4 Å². The highest BCUT2D eigenvalue weighted by Crippen LogP contribution is 2.28. The first-order valence-corrected chi connectivity index (χ1v) is 9.24. The summed E-state index contributed by atoms with van der Waals surface area (Å²) in [5, 5.41) is 12.2. The maximum Gasteiger partial charge on any atom is 0.224 e. The molecule has 1 aliphatic heterocycles. The van der Waals surface area contributed by atoms with E-state index in [0.29, 0.717) is 5.95 Å². The molecule has 0 amide bonds. The summed E-state index contributed by atoms with van der Waals surface area (Å²) in [4.78, 5) is 9.11. The van der Waals surface area contributed by atoms with E-state index in [1.54, 1.807) is 4.68 Å². The lowest BCUT2D eigenvalue weighted by molar-refractivity contribution is 0.0258. The summed E-state index contributed by atoms with van der Waals surface area (Å²) in [7, 11) is 1.90. The van der Waals surface area contributed by atoms with Gasteiger partial charge in [0.15, 0.2) is 5.65 Å². The summed E-state index contributed by atoms with van der Waals surface area (Å²) >= 11 is 0. The molecule has 1 atom stereocenters. The van der Waals surface area contributed by atoms with Gasteiger partial charge in [-0.25, -0.2) is 9.67 Å². The van der Waals surface area contributed by atoms with Crippen LogP contribution >= 0.6 is 0 Å². The highest BCUT2D eigenvalue weighted by Gasteiger charge is 2.15. The van der Waals surface area contributed by atoms with Crippen LogP contribution in [0.5, 0.6) is 0 Å². The molecule has 1 fully saturated rings. The van der Waals surface area contributed by atoms with Crippen molar-refractivity contribution in [1.82, 2.24) is 25.1 Å². The van der Waals surface area contributed by atoms with Gasteiger partial charge in [0, 0.05) is 44.1 Å². The lowest BCUT2D eigenvalue weighted by Gasteiger charge is -2.23. The zero-order valence-corrected chi connectivity index (χ0v) is 15.7. The third kappa shape index (κ3) is 3.72. The van der Waals surface area contributed by atoms with Crippen molar-refractivity contribution >= 4 is 22.7 Å². The molecule has 4 N–H and O–H groups in total. The summed E-state index contributed by atoms with van der Waals surface area (Å²) in [6, 6.07) is 5.93. The number of nitrogens with one attached hydrogen (secondary N) is 2. The molecule has 0 saturated carbocycles. The van der Waals surface area contributed by atoms with Gasteiger partial charge in [-0.05, 0) is 31.0 Å². The van der Waals surface area contributed by atoms with Crippen LogP contribution in [-0.4, -0.2) is 52.1 Å². The molecule has 8 heteroatoms. The maximum atomic E-state index is 5.93. The van der Waals surface area contributed by atoms with Crippen molar-refractivity contribution < 1.29 is 4.74 Å². The number of ether oxygens (including phenoxy) is 1. The van der Waals surface area contributed by atoms with Gasteiger partial charge in [-0.1, -0.05) is 6.07 Å². The van der Waals surface area contributed by atoms with Gasteiger partial charge in [-0.2, -0.15) is 10.1 Å². The van der Waals surface area contributed by atoms with E-state index in [1.165, 1.54) is 0 Å². The minimum absolute atomic E-state index is 0.243. The van der Waals surface area contributed by atoms with Crippen molar-refractivity contribution in [3.8, 4) is 11.3 Å². The van der Waals surface area contributed by atoms with Gasteiger partial charge in [0.25, 0.3) is 0 Å². The predicted octanol–water partition coefficient (Wildman–Crippen LogP) is 1.71. The maximum absolute atomic E-state index is 5.93. The van der Waals surface area contributed by atoms with Crippen molar-refractivity contribution in [1.29, 1.82) is 0 Å². The van der Waals surface area contributed by atoms with Crippen molar-refractivity contribution in [3.05, 3.63) is 30.0 Å². The van der Waals surface area contributed by atoms with Crippen LogP contribution in [0, 0.1) is 6.92 Å². The summed E-state index contributed by atoms with van der Waals surface area (Å²) in [5.41, 5.74) is 10.4. The molecular weight excluding hydrogens is 342 g/mol. The second-order valence-electron chi connectivity index (χ2n) is 6.89. The Labute approximate surface area is 158 Å². The molecule has 3 aromatic rings. The number of nitrogens with zero attached hydrogens (tertiary/aromatic N) is 4. The lowest BCUT2D eigenvalue weighted by Crippen LogP contribution is -2.39. The highest BCUT2D eigenvalue weighted by molar-refractivity contribution is 5.91. The fourth-order valence-corrected chi connectivity index (χ4v) is 3.31. The number of hydrogen-bond acceptors (Lipinski definition) is 7. The van der Waals surface area contributed by atoms with Gasteiger partial charge in [-0.3, -0.25) is 0 Å². The van der Waals surface area contributed by atoms with E-state index in [-0.39, 0.29) is 6.10 Å². The fraction of sp³-hybridized carbons (Fsp3) is 0.421. The summed E-state index contributed by atoms with van der Waals surface area (Å²) in [6.45, 7) is 5.36. The Balaban J connectivity index is 1.52. The zero-order chi connectivity index (χ0) is 18.8. The number of aryl methyl sites for hydroxylation is 2. The van der Waals surface area contributed by atoms with E-state index in [4.69, 9.17) is 10.5 Å². The minimum Gasteiger partial charge on any atom is -0.399 e. The van der Waals surface area contributed by atoms with Crippen LogP contribution in [0.2, 0.25) is 0 Å². The first-order valence-electron chi connectivity index (χ1n) is 9.24. The minimum atomic E-state index is 0.243. The SMILES string of the molecule is Cc1cc(-c2nn(C)c3nc(NCCC4CNCCO4)ncc23)ccc1N. The Morgan fingerprint density at radius 1 is 1.41 bits per heavy atom. The molecule has 1 aliphatic rings. The molecule has 1 saturated heterocycles. The van der Waals surface area contributed by atoms with Gasteiger partial charge in [0.05, 0.1) is 18.1 Å². The second-order valence-corrected chi connectivity index (χ2v) is 6.89. The lowest BCUT2D eigenvalue weighted by atomic mass is 10.1. The molecular formula is C19H25N7O. The van der Waals surface area contributed by atoms with Gasteiger partial charge >= 0.3 is 0 Å². The molecule has 27 heavy (non-hydrogen) atoms. The van der Waals surface area contributed by atoms with Gasteiger partial charge in [0.1, 0.15) is 5.69 Å². The molecule has 142 valence electrons. The molecule has 3 heterocycles. The molecule has 0 radical (unpaired) electrons. The molecule has 1 aromatic carbocycles. The predicted molar refractivity (Wildman–Crippen MR) is 107 cm³/mol. The van der Waals surface area contributed by atoms with Crippen LogP contribution in [-0.2, 0) is 11.8 Å². The van der Waals surface area contributed by atoms with E-state index in [0.717, 1.165) is 66.2 Å². The number of nitrogen functional groups attached to an aromatic ring is 1. The standard InChI is InChI=1S/C19H25N7O/c1-12-9-13(3-4-16(12)20)17-15-11-23-19(24-18(15)26(2)25-17)22-6-5-14-10-21-7-8-27-14/h3-4,9,11,14,21H,5-8,10,20H2,1-2H3,(H,22,23,24). The fourth-order valence-electron chi connectivity index (χ4n) is 3.31. The van der Waals surface area contributed by atoms with E-state index in [1.807, 2.05) is 38.4 Å². The largest absolute Gasteiger partial charge is 0.399 e. The third-order valence-corrected chi connectivity index (χ3v) is 4.88. The van der Waals surface area contributed by atoms with Gasteiger partial charge in [-0.15, -0.1) is 0 Å². The van der Waals surface area contributed by atoms with E-state index < -0.39 is 0 Å². The van der Waals surface area contributed by atoms with E-state index in [9.17, 15) is 0 Å². The molecule has 0 bridgehead atoms. The summed E-state index contributed by atoms with van der Waals surface area (Å²) in [6.07, 6.45) is 2.99. The molecule has 2 aromatic heterocycles. The smallest absolute Gasteiger partial charge is 0.224 e. The molecule has 4 rings (SSSR count). The average molecular weight is 367 g/mol. The van der Waals surface area contributed by atoms with Crippen molar-refractivity contribution in [2.24, 2.45) is 7.05 Å². The van der Waals surface area contributed by atoms with Crippen molar-refractivity contribution in [2.45, 2.75) is 19.4 Å². The highest BCUT2D eigenvalue weighted by atomic mass is 16.5. The average Bonchev–Trinajstić information content (AvgIpc) is 3.01. The quantitative estimate of drug-likeness (QED) is 0.590. The first-order chi connectivity index (χ1) is 13.1. The monoisotopic (exact) mass is 367 g/mol. The van der Waals surface area contributed by atoms with Gasteiger partial charge < -0.3 is 21.1 Å². The van der Waals surface area contributed by atoms with Gasteiger partial charge in [0.2, 0.25) is 5.95 Å². The number of fused-ring (bicyclic) bond motifs is 1. The third-order valence-electron chi connectivity index (χ3n) is 4.88. The Morgan fingerprint density at radius 3 is 3.07 bits per heavy atom. The summed E-state index contributed by atoms with van der Waals surface area (Å²) < 4.78 is 7.50. The first kappa shape index (κ1) is 17.7. The second kappa shape index (κ2) is 7.50. The Kier molecular flexibility index (Phi) is 4.91. The number of aromatic nitrogens is 4. The van der Waals surface area contributed by atoms with Crippen LogP contribution in [0.15, 0.2) is 24.4 Å². The molecule has 0 aliphatic carbocycles. The number of morpholine rings is 1. The molecule has 1 unspecified atom stereocenters. The zero-order valence-electron chi connectivity index (χ0n) is 15.7. The Morgan fingerprint density at radius 2 is 2.30 bits per heavy atom. The van der Waals surface area contributed by atoms with Crippen LogP contribution in [0.1, 0.15) is 12.0 Å². The molecule has 8 nitrogen and oxygen atoms in total. The Hall–Kier alpha value is -2.71. The number of nitrogens with two attached hydrogens (primary N) is 1. The van der Waals surface area contributed by atoms with Crippen LogP contribution in [0.4, 0.5) is 11.6 Å².